The molecule has 4 heteroatoms. The Bertz CT molecular complexity index is 378. The van der Waals surface area contributed by atoms with E-state index in [1.54, 1.807) is 25.4 Å². The molecule has 4 nitrogen and oxygen atoms in total. The number of allylic oxidation sites excluding steroid dienone is 3. The monoisotopic (exact) mass is 206 g/mol. The Morgan fingerprint density at radius 2 is 2.40 bits per heavy atom. The van der Waals surface area contributed by atoms with Crippen LogP contribution in [0, 0.1) is 0 Å². The molecule has 0 spiro atoms. The van der Waals surface area contributed by atoms with Crippen LogP contribution in [0.1, 0.15) is 17.4 Å². The first-order chi connectivity index (χ1) is 7.25. The molecule has 0 aliphatic heterocycles. The number of carbonyl (C=O) groups is 1. The minimum atomic E-state index is -0.361. The van der Waals surface area contributed by atoms with Crippen LogP contribution < -0.4 is 0 Å². The number of hydrogen-bond acceptors (Lipinski definition) is 3. The van der Waals surface area contributed by atoms with Crippen molar-refractivity contribution < 1.29 is 9.53 Å². The predicted molar refractivity (Wildman–Crippen MR) is 57.4 cm³/mol. The van der Waals surface area contributed by atoms with Gasteiger partial charge in [-0.1, -0.05) is 18.2 Å². The summed E-state index contributed by atoms with van der Waals surface area (Å²) >= 11 is 0. The summed E-state index contributed by atoms with van der Waals surface area (Å²) in [5.41, 5.74) is 0.453. The Hall–Kier alpha value is -1.84. The van der Waals surface area contributed by atoms with Gasteiger partial charge in [-0.3, -0.25) is 4.68 Å². The van der Waals surface area contributed by atoms with Gasteiger partial charge in [-0.25, -0.2) is 4.79 Å². The summed E-state index contributed by atoms with van der Waals surface area (Å²) in [6.45, 7) is 2.19. The largest absolute Gasteiger partial charge is 0.457 e. The Morgan fingerprint density at radius 3 is 3.00 bits per heavy atom. The molecule has 0 aliphatic carbocycles. The third-order valence-corrected chi connectivity index (χ3v) is 1.78. The summed E-state index contributed by atoms with van der Waals surface area (Å²) in [6.07, 6.45) is 8.94. The van der Waals surface area contributed by atoms with Gasteiger partial charge in [0, 0.05) is 13.2 Å². The van der Waals surface area contributed by atoms with Crippen LogP contribution >= 0.6 is 0 Å². The second-order valence-electron chi connectivity index (χ2n) is 2.89. The molecule has 1 heterocycles. The van der Waals surface area contributed by atoms with E-state index in [2.05, 4.69) is 5.10 Å². The standard InChI is InChI=1S/C11H14N2O2/c1-3-4-5-6-9-15-11(14)10-7-8-12-13(10)2/h3-8H,9H2,1-2H3. The lowest BCUT2D eigenvalue weighted by atomic mass is 10.4. The van der Waals surface area contributed by atoms with Gasteiger partial charge in [0.1, 0.15) is 12.3 Å². The highest BCUT2D eigenvalue weighted by molar-refractivity contribution is 5.87. The van der Waals surface area contributed by atoms with Crippen molar-refractivity contribution in [1.29, 1.82) is 0 Å². The maximum Gasteiger partial charge on any atom is 0.356 e. The zero-order valence-corrected chi connectivity index (χ0v) is 8.88. The molecular weight excluding hydrogens is 192 g/mol. The van der Waals surface area contributed by atoms with Gasteiger partial charge in [-0.2, -0.15) is 5.10 Å². The molecule has 15 heavy (non-hydrogen) atoms. The van der Waals surface area contributed by atoms with Gasteiger partial charge in [0.25, 0.3) is 0 Å². The molecule has 0 amide bonds. The molecule has 0 aliphatic rings. The second kappa shape index (κ2) is 5.80. The number of nitrogens with zero attached hydrogens (tertiary/aromatic N) is 2. The second-order valence-corrected chi connectivity index (χ2v) is 2.89. The summed E-state index contributed by atoms with van der Waals surface area (Å²) in [4.78, 5) is 11.4. The van der Waals surface area contributed by atoms with Crippen molar-refractivity contribution in [1.82, 2.24) is 9.78 Å². The highest BCUT2D eigenvalue weighted by Gasteiger charge is 2.09. The zero-order valence-electron chi connectivity index (χ0n) is 8.88. The van der Waals surface area contributed by atoms with Gasteiger partial charge in [-0.15, -0.1) is 0 Å². The van der Waals surface area contributed by atoms with E-state index in [4.69, 9.17) is 4.74 Å². The molecule has 80 valence electrons. The molecule has 0 atom stereocenters. The Kier molecular flexibility index (Phi) is 4.34. The van der Waals surface area contributed by atoms with E-state index >= 15 is 0 Å². The molecule has 0 saturated carbocycles. The maximum atomic E-state index is 11.4. The van der Waals surface area contributed by atoms with E-state index < -0.39 is 0 Å². The normalized spacial score (nSPS) is 11.3. The van der Waals surface area contributed by atoms with Crippen LogP contribution in [0.15, 0.2) is 36.6 Å². The van der Waals surface area contributed by atoms with E-state index in [0.29, 0.717) is 5.69 Å². The third-order valence-electron chi connectivity index (χ3n) is 1.78. The van der Waals surface area contributed by atoms with Gasteiger partial charge in [0.05, 0.1) is 0 Å². The van der Waals surface area contributed by atoms with E-state index in [1.807, 2.05) is 25.2 Å². The highest BCUT2D eigenvalue weighted by Crippen LogP contribution is 1.99. The van der Waals surface area contributed by atoms with Crippen LogP contribution in [0.25, 0.3) is 0 Å². The van der Waals surface area contributed by atoms with Crippen molar-refractivity contribution >= 4 is 5.97 Å². The van der Waals surface area contributed by atoms with Crippen molar-refractivity contribution in [3.8, 4) is 0 Å². The quantitative estimate of drug-likeness (QED) is 0.556. The molecule has 1 aromatic heterocycles. The lowest BCUT2D eigenvalue weighted by Gasteiger charge is -2.01. The first-order valence-corrected chi connectivity index (χ1v) is 4.68. The summed E-state index contributed by atoms with van der Waals surface area (Å²) in [5.74, 6) is -0.361. The molecule has 0 bridgehead atoms. The number of hydrogen-bond donors (Lipinski definition) is 0. The van der Waals surface area contributed by atoms with Gasteiger partial charge >= 0.3 is 5.97 Å². The van der Waals surface area contributed by atoms with Gasteiger partial charge < -0.3 is 4.74 Å². The summed E-state index contributed by atoms with van der Waals surface area (Å²) < 4.78 is 6.48. The van der Waals surface area contributed by atoms with E-state index in [1.165, 1.54) is 4.68 Å². The number of aromatic nitrogens is 2. The Morgan fingerprint density at radius 1 is 1.60 bits per heavy atom. The highest BCUT2D eigenvalue weighted by atomic mass is 16.5. The summed E-state index contributed by atoms with van der Waals surface area (Å²) in [7, 11) is 1.70. The van der Waals surface area contributed by atoms with Crippen LogP contribution in [-0.2, 0) is 11.8 Å². The summed E-state index contributed by atoms with van der Waals surface area (Å²) in [6, 6.07) is 1.62. The van der Waals surface area contributed by atoms with E-state index in [9.17, 15) is 4.79 Å². The van der Waals surface area contributed by atoms with Crippen molar-refractivity contribution in [2.45, 2.75) is 6.92 Å². The average Bonchev–Trinajstić information content (AvgIpc) is 2.64. The molecule has 0 saturated heterocycles. The van der Waals surface area contributed by atoms with Crippen molar-refractivity contribution in [3.05, 3.63) is 42.3 Å². The van der Waals surface area contributed by atoms with Crippen LogP contribution in [0.5, 0.6) is 0 Å². The number of aryl methyl sites for hydroxylation is 1. The van der Waals surface area contributed by atoms with Gasteiger partial charge in [-0.05, 0) is 19.1 Å². The minimum absolute atomic E-state index is 0.272. The SMILES string of the molecule is CC=CC=CCOC(=O)c1ccnn1C. The van der Waals surface area contributed by atoms with Crippen molar-refractivity contribution in [3.63, 3.8) is 0 Å². The molecule has 0 aromatic carbocycles. The molecule has 0 N–H and O–H groups in total. The van der Waals surface area contributed by atoms with Gasteiger partial charge in [0.2, 0.25) is 0 Å². The van der Waals surface area contributed by atoms with E-state index in [0.717, 1.165) is 0 Å². The number of esters is 1. The van der Waals surface area contributed by atoms with Crippen LogP contribution in [0.4, 0.5) is 0 Å². The third kappa shape index (κ3) is 3.42. The molecule has 0 radical (unpaired) electrons. The predicted octanol–water partition coefficient (Wildman–Crippen LogP) is 1.71. The first-order valence-electron chi connectivity index (χ1n) is 4.68. The summed E-state index contributed by atoms with van der Waals surface area (Å²) in [5, 5.41) is 3.88. The molecule has 0 fully saturated rings. The topological polar surface area (TPSA) is 44.1 Å². The fourth-order valence-electron chi connectivity index (χ4n) is 1.02. The van der Waals surface area contributed by atoms with Crippen molar-refractivity contribution in [2.75, 3.05) is 6.61 Å². The molecule has 0 unspecified atom stereocenters. The number of rotatable bonds is 4. The molecule has 1 aromatic rings. The van der Waals surface area contributed by atoms with Crippen LogP contribution in [-0.4, -0.2) is 22.4 Å². The van der Waals surface area contributed by atoms with Crippen LogP contribution in [0.2, 0.25) is 0 Å². The van der Waals surface area contributed by atoms with Crippen molar-refractivity contribution in [2.24, 2.45) is 7.05 Å². The van der Waals surface area contributed by atoms with E-state index in [-0.39, 0.29) is 12.6 Å². The molecular formula is C11H14N2O2. The molecule has 1 rings (SSSR count). The fraction of sp³-hybridized carbons (Fsp3) is 0.273. The van der Waals surface area contributed by atoms with Gasteiger partial charge in [0.15, 0.2) is 0 Å². The Balaban J connectivity index is 2.41. The number of carbonyl (C=O) groups excluding carboxylic acids is 1. The zero-order chi connectivity index (χ0) is 11.1. The maximum absolute atomic E-state index is 11.4. The average molecular weight is 206 g/mol. The lowest BCUT2D eigenvalue weighted by molar-refractivity contribution is 0.0537. The Labute approximate surface area is 88.9 Å². The first kappa shape index (κ1) is 11.2. The smallest absolute Gasteiger partial charge is 0.356 e. The fourth-order valence-corrected chi connectivity index (χ4v) is 1.02. The number of ether oxygens (including phenoxy) is 1. The minimum Gasteiger partial charge on any atom is -0.457 e. The van der Waals surface area contributed by atoms with Crippen LogP contribution in [0.3, 0.4) is 0 Å². The lowest BCUT2D eigenvalue weighted by Crippen LogP contribution is -2.10.